The summed E-state index contributed by atoms with van der Waals surface area (Å²) in [7, 11) is 0. The van der Waals surface area contributed by atoms with Gasteiger partial charge < -0.3 is 0 Å². The molecule has 0 atom stereocenters. The zero-order valence-corrected chi connectivity index (χ0v) is 11.0. The minimum absolute atomic E-state index is 0.474. The van der Waals surface area contributed by atoms with Gasteiger partial charge in [-0.2, -0.15) is 4.89 Å². The molecule has 0 saturated heterocycles. The van der Waals surface area contributed by atoms with Crippen molar-refractivity contribution < 1.29 is 14.6 Å². The van der Waals surface area contributed by atoms with Crippen LogP contribution in [0.5, 0.6) is 0 Å². The van der Waals surface area contributed by atoms with E-state index in [1.165, 1.54) is 6.92 Å². The SMILES string of the molecule is CC(=O)OOC(C)(c1ccccc1)c1ccccc1. The Morgan fingerprint density at radius 3 is 1.68 bits per heavy atom. The molecule has 98 valence electrons. The molecule has 0 aliphatic rings. The lowest BCUT2D eigenvalue weighted by Crippen LogP contribution is -2.28. The first-order chi connectivity index (χ1) is 9.13. The Bertz CT molecular complexity index is 495. The number of carbonyl (C=O) groups is 1. The van der Waals surface area contributed by atoms with Gasteiger partial charge in [0, 0.05) is 6.92 Å². The summed E-state index contributed by atoms with van der Waals surface area (Å²) < 4.78 is 0. The van der Waals surface area contributed by atoms with Crippen LogP contribution in [0.15, 0.2) is 60.7 Å². The first-order valence-electron chi connectivity index (χ1n) is 6.10. The van der Waals surface area contributed by atoms with Crippen LogP contribution < -0.4 is 0 Å². The lowest BCUT2D eigenvalue weighted by atomic mass is 9.88. The minimum Gasteiger partial charge on any atom is -0.297 e. The van der Waals surface area contributed by atoms with Gasteiger partial charge in [0.15, 0.2) is 5.60 Å². The topological polar surface area (TPSA) is 35.5 Å². The quantitative estimate of drug-likeness (QED) is 0.621. The Hall–Kier alpha value is -2.13. The van der Waals surface area contributed by atoms with Crippen LogP contribution in [0.4, 0.5) is 0 Å². The van der Waals surface area contributed by atoms with E-state index in [4.69, 9.17) is 9.78 Å². The Morgan fingerprint density at radius 1 is 0.895 bits per heavy atom. The second-order valence-corrected chi connectivity index (χ2v) is 4.42. The average Bonchev–Trinajstić information content (AvgIpc) is 2.46. The fourth-order valence-corrected chi connectivity index (χ4v) is 1.92. The number of hydrogen-bond donors (Lipinski definition) is 0. The van der Waals surface area contributed by atoms with Crippen molar-refractivity contribution >= 4 is 5.97 Å². The molecule has 0 amide bonds. The monoisotopic (exact) mass is 256 g/mol. The molecule has 19 heavy (non-hydrogen) atoms. The number of carbonyl (C=O) groups excluding carboxylic acids is 1. The van der Waals surface area contributed by atoms with Gasteiger partial charge in [-0.15, -0.1) is 0 Å². The van der Waals surface area contributed by atoms with Gasteiger partial charge in [-0.05, 0) is 18.1 Å². The number of benzene rings is 2. The molecule has 2 aromatic carbocycles. The van der Waals surface area contributed by atoms with Crippen molar-refractivity contribution in [2.24, 2.45) is 0 Å². The van der Waals surface area contributed by atoms with Crippen molar-refractivity contribution in [3.8, 4) is 0 Å². The third-order valence-corrected chi connectivity index (χ3v) is 2.97. The largest absolute Gasteiger partial charge is 0.339 e. The fourth-order valence-electron chi connectivity index (χ4n) is 1.92. The molecule has 0 unspecified atom stereocenters. The van der Waals surface area contributed by atoms with Crippen molar-refractivity contribution in [1.82, 2.24) is 0 Å². The summed E-state index contributed by atoms with van der Waals surface area (Å²) >= 11 is 0. The average molecular weight is 256 g/mol. The van der Waals surface area contributed by atoms with Crippen LogP contribution in [-0.4, -0.2) is 5.97 Å². The van der Waals surface area contributed by atoms with Crippen molar-refractivity contribution in [2.75, 3.05) is 0 Å². The zero-order valence-electron chi connectivity index (χ0n) is 11.0. The molecule has 0 spiro atoms. The highest BCUT2D eigenvalue weighted by Gasteiger charge is 2.32. The summed E-state index contributed by atoms with van der Waals surface area (Å²) in [5, 5.41) is 0. The zero-order chi connectivity index (χ0) is 13.7. The van der Waals surface area contributed by atoms with Crippen LogP contribution in [0.1, 0.15) is 25.0 Å². The molecule has 0 aliphatic heterocycles. The first-order valence-corrected chi connectivity index (χ1v) is 6.10. The van der Waals surface area contributed by atoms with Crippen molar-refractivity contribution in [1.29, 1.82) is 0 Å². The van der Waals surface area contributed by atoms with Crippen molar-refractivity contribution in [2.45, 2.75) is 19.4 Å². The standard InChI is InChI=1S/C16H16O3/c1-13(17)18-19-16(2,14-9-5-3-6-10-14)15-11-7-4-8-12-15/h3-12H,1-2H3. The lowest BCUT2D eigenvalue weighted by Gasteiger charge is -2.28. The molecule has 0 aliphatic carbocycles. The molecule has 2 rings (SSSR count). The first kappa shape index (κ1) is 13.3. The third kappa shape index (κ3) is 3.01. The third-order valence-electron chi connectivity index (χ3n) is 2.97. The molecular weight excluding hydrogens is 240 g/mol. The van der Waals surface area contributed by atoms with E-state index >= 15 is 0 Å². The van der Waals surface area contributed by atoms with E-state index in [9.17, 15) is 4.79 Å². The van der Waals surface area contributed by atoms with Crippen LogP contribution in [-0.2, 0) is 20.2 Å². The second kappa shape index (κ2) is 5.67. The van der Waals surface area contributed by atoms with Gasteiger partial charge in [-0.25, -0.2) is 4.79 Å². The summed E-state index contributed by atoms with van der Waals surface area (Å²) in [6.07, 6.45) is 0. The van der Waals surface area contributed by atoms with Crippen LogP contribution in [0.2, 0.25) is 0 Å². The van der Waals surface area contributed by atoms with E-state index < -0.39 is 11.6 Å². The summed E-state index contributed by atoms with van der Waals surface area (Å²) in [5.41, 5.74) is 1.01. The smallest absolute Gasteiger partial charge is 0.297 e. The van der Waals surface area contributed by atoms with E-state index in [0.29, 0.717) is 0 Å². The Labute approximate surface area is 112 Å². The van der Waals surface area contributed by atoms with Gasteiger partial charge in [-0.1, -0.05) is 60.7 Å². The Kier molecular flexibility index (Phi) is 3.97. The van der Waals surface area contributed by atoms with E-state index in [-0.39, 0.29) is 0 Å². The van der Waals surface area contributed by atoms with Gasteiger partial charge in [0.05, 0.1) is 0 Å². The molecular formula is C16H16O3. The fraction of sp³-hybridized carbons (Fsp3) is 0.188. The van der Waals surface area contributed by atoms with Crippen LogP contribution in [0, 0.1) is 0 Å². The Morgan fingerprint density at radius 2 is 1.32 bits per heavy atom. The predicted octanol–water partition coefficient (Wildman–Crippen LogP) is 3.44. The highest BCUT2D eigenvalue weighted by Crippen LogP contribution is 2.33. The van der Waals surface area contributed by atoms with Crippen LogP contribution in [0.3, 0.4) is 0 Å². The Balaban J connectivity index is 2.41. The highest BCUT2D eigenvalue weighted by atomic mass is 17.2. The molecule has 0 fully saturated rings. The number of hydrogen-bond acceptors (Lipinski definition) is 3. The van der Waals surface area contributed by atoms with E-state index in [1.807, 2.05) is 67.6 Å². The molecule has 2 aromatic rings. The maximum absolute atomic E-state index is 11.0. The maximum Gasteiger partial charge on any atom is 0.339 e. The van der Waals surface area contributed by atoms with Crippen LogP contribution >= 0.6 is 0 Å². The van der Waals surface area contributed by atoms with Gasteiger partial charge in [-0.3, -0.25) is 4.89 Å². The number of rotatable bonds is 4. The molecule has 0 aromatic heterocycles. The molecule has 0 bridgehead atoms. The second-order valence-electron chi connectivity index (χ2n) is 4.42. The van der Waals surface area contributed by atoms with E-state index in [2.05, 4.69) is 0 Å². The van der Waals surface area contributed by atoms with Crippen molar-refractivity contribution in [3.05, 3.63) is 71.8 Å². The summed E-state index contributed by atoms with van der Waals surface area (Å²) in [6.45, 7) is 3.19. The van der Waals surface area contributed by atoms with Gasteiger partial charge in [0.1, 0.15) is 0 Å². The summed E-state index contributed by atoms with van der Waals surface area (Å²) in [6, 6.07) is 19.3. The van der Waals surface area contributed by atoms with Gasteiger partial charge in [0.25, 0.3) is 0 Å². The van der Waals surface area contributed by atoms with Gasteiger partial charge >= 0.3 is 5.97 Å². The van der Waals surface area contributed by atoms with E-state index in [0.717, 1.165) is 11.1 Å². The molecule has 3 nitrogen and oxygen atoms in total. The molecule has 0 radical (unpaired) electrons. The highest BCUT2D eigenvalue weighted by molar-refractivity contribution is 5.65. The lowest BCUT2D eigenvalue weighted by molar-refractivity contribution is -0.321. The molecule has 3 heteroatoms. The molecule has 0 saturated carbocycles. The summed E-state index contributed by atoms with van der Waals surface area (Å²) in [4.78, 5) is 21.2. The molecule has 0 heterocycles. The van der Waals surface area contributed by atoms with E-state index in [1.54, 1.807) is 0 Å². The summed E-state index contributed by atoms with van der Waals surface area (Å²) in [5.74, 6) is -0.474. The van der Waals surface area contributed by atoms with Crippen LogP contribution in [0.25, 0.3) is 0 Å². The maximum atomic E-state index is 11.0. The predicted molar refractivity (Wildman–Crippen MR) is 72.2 cm³/mol. The minimum atomic E-state index is -0.825. The molecule has 0 N–H and O–H groups in total. The van der Waals surface area contributed by atoms with Crippen molar-refractivity contribution in [3.63, 3.8) is 0 Å². The normalized spacial score (nSPS) is 11.1. The van der Waals surface area contributed by atoms with Gasteiger partial charge in [0.2, 0.25) is 0 Å².